The third kappa shape index (κ3) is 2.75. The quantitative estimate of drug-likeness (QED) is 0.632. The van der Waals surface area contributed by atoms with Crippen LogP contribution in [0.5, 0.6) is 0 Å². The van der Waals surface area contributed by atoms with Gasteiger partial charge in [-0.25, -0.2) is 18.0 Å². The molecule has 0 N–H and O–H groups in total. The lowest BCUT2D eigenvalue weighted by Gasteiger charge is -2.22. The number of nitrogens with zero attached hydrogens (tertiary/aromatic N) is 2. The van der Waals surface area contributed by atoms with E-state index < -0.39 is 42.7 Å². The van der Waals surface area contributed by atoms with Gasteiger partial charge in [-0.3, -0.25) is 14.6 Å². The first-order valence-electron chi connectivity index (χ1n) is 6.21. The lowest BCUT2D eigenvalue weighted by molar-refractivity contribution is -0.149. The molecule has 3 amide bonds. The minimum atomic E-state index is -4.50. The van der Waals surface area contributed by atoms with Crippen molar-refractivity contribution in [2.45, 2.75) is 25.3 Å². The molecule has 2 rings (SSSR count). The predicted molar refractivity (Wildman–Crippen MR) is 66.4 cm³/mol. The number of halogens is 5. The molecule has 0 unspecified atom stereocenters. The summed E-state index contributed by atoms with van der Waals surface area (Å²) in [5, 5.41) is 0. The summed E-state index contributed by atoms with van der Waals surface area (Å²) in [6, 6.07) is 2.13. The van der Waals surface area contributed by atoms with Gasteiger partial charge in [0.15, 0.2) is 0 Å². The van der Waals surface area contributed by atoms with Crippen LogP contribution in [0.25, 0.3) is 0 Å². The molecule has 1 saturated heterocycles. The molecule has 1 aromatic rings. The van der Waals surface area contributed by atoms with E-state index in [2.05, 4.69) is 0 Å². The molecular weight excluding hydrogens is 311 g/mol. The Morgan fingerprint density at radius 3 is 2.23 bits per heavy atom. The standard InChI is InChI=1S/C13H11F5N2O2/c1-7-10(21)19(6-13(17,18)11(15)16)12(22)20(7)9-4-2-8(14)3-5-9/h2-5,7,11H,6H2,1H3/t7-/m0/s1. The number of urea groups is 1. The summed E-state index contributed by atoms with van der Waals surface area (Å²) >= 11 is 0. The molecular formula is C13H11F5N2O2. The monoisotopic (exact) mass is 322 g/mol. The number of rotatable bonds is 4. The van der Waals surface area contributed by atoms with E-state index in [-0.39, 0.29) is 10.6 Å². The topological polar surface area (TPSA) is 40.6 Å². The minimum Gasteiger partial charge on any atom is -0.282 e. The number of anilines is 1. The Balaban J connectivity index is 2.28. The van der Waals surface area contributed by atoms with Crippen molar-refractivity contribution in [1.82, 2.24) is 4.90 Å². The largest absolute Gasteiger partial charge is 0.332 e. The molecule has 1 aliphatic rings. The summed E-state index contributed by atoms with van der Waals surface area (Å²) in [7, 11) is 0. The number of carbonyl (C=O) groups is 2. The molecule has 1 aliphatic heterocycles. The maximum Gasteiger partial charge on any atom is 0.332 e. The van der Waals surface area contributed by atoms with Crippen molar-refractivity contribution in [3.05, 3.63) is 30.1 Å². The van der Waals surface area contributed by atoms with Gasteiger partial charge < -0.3 is 0 Å². The van der Waals surface area contributed by atoms with Gasteiger partial charge >= 0.3 is 18.4 Å². The van der Waals surface area contributed by atoms with Crippen LogP contribution in [0.1, 0.15) is 6.92 Å². The number of imide groups is 1. The number of amides is 3. The lowest BCUT2D eigenvalue weighted by Crippen LogP contribution is -2.45. The molecule has 9 heteroatoms. The van der Waals surface area contributed by atoms with E-state index in [1.807, 2.05) is 0 Å². The third-order valence-electron chi connectivity index (χ3n) is 3.24. The second kappa shape index (κ2) is 5.54. The summed E-state index contributed by atoms with van der Waals surface area (Å²) in [5.41, 5.74) is 0.107. The van der Waals surface area contributed by atoms with Crippen molar-refractivity contribution in [3.63, 3.8) is 0 Å². The first-order valence-corrected chi connectivity index (χ1v) is 6.21. The second-order valence-electron chi connectivity index (χ2n) is 4.79. The average molecular weight is 322 g/mol. The molecule has 22 heavy (non-hydrogen) atoms. The maximum absolute atomic E-state index is 13.1. The van der Waals surface area contributed by atoms with Gasteiger partial charge in [-0.1, -0.05) is 0 Å². The Hall–Kier alpha value is -2.19. The van der Waals surface area contributed by atoms with Crippen LogP contribution in [0.3, 0.4) is 0 Å². The van der Waals surface area contributed by atoms with Gasteiger partial charge in [-0.05, 0) is 31.2 Å². The van der Waals surface area contributed by atoms with Crippen molar-refractivity contribution >= 4 is 17.6 Å². The van der Waals surface area contributed by atoms with Gasteiger partial charge in [0.25, 0.3) is 5.91 Å². The highest BCUT2D eigenvalue weighted by Crippen LogP contribution is 2.30. The van der Waals surface area contributed by atoms with Crippen molar-refractivity contribution < 1.29 is 31.5 Å². The van der Waals surface area contributed by atoms with Crippen molar-refractivity contribution in [3.8, 4) is 0 Å². The zero-order chi connectivity index (χ0) is 16.7. The lowest BCUT2D eigenvalue weighted by atomic mass is 10.2. The fourth-order valence-electron chi connectivity index (χ4n) is 2.09. The zero-order valence-corrected chi connectivity index (χ0v) is 11.3. The van der Waals surface area contributed by atoms with Gasteiger partial charge in [0.1, 0.15) is 18.4 Å². The van der Waals surface area contributed by atoms with Crippen LogP contribution in [-0.4, -0.2) is 41.8 Å². The maximum atomic E-state index is 13.1. The minimum absolute atomic E-state index is 0.0835. The Bertz CT molecular complexity index is 591. The molecule has 1 atom stereocenters. The third-order valence-corrected chi connectivity index (χ3v) is 3.24. The number of hydrogen-bond donors (Lipinski definition) is 0. The second-order valence-corrected chi connectivity index (χ2v) is 4.79. The van der Waals surface area contributed by atoms with Crippen molar-refractivity contribution in [2.24, 2.45) is 0 Å². The Kier molecular flexibility index (Phi) is 4.08. The van der Waals surface area contributed by atoms with E-state index in [4.69, 9.17) is 0 Å². The number of hydrogen-bond acceptors (Lipinski definition) is 2. The Morgan fingerprint density at radius 2 is 1.73 bits per heavy atom. The van der Waals surface area contributed by atoms with Crippen LogP contribution in [0.4, 0.5) is 32.4 Å². The van der Waals surface area contributed by atoms with Crippen LogP contribution in [0.2, 0.25) is 0 Å². The summed E-state index contributed by atoms with van der Waals surface area (Å²) in [6.07, 6.45) is -4.00. The molecule has 1 aromatic carbocycles. The Labute approximate surface area is 122 Å². The molecule has 0 radical (unpaired) electrons. The van der Waals surface area contributed by atoms with E-state index in [0.717, 1.165) is 17.0 Å². The fraction of sp³-hybridized carbons (Fsp3) is 0.385. The van der Waals surface area contributed by atoms with Crippen LogP contribution in [0, 0.1) is 5.82 Å². The molecule has 120 valence electrons. The van der Waals surface area contributed by atoms with Crippen LogP contribution in [0.15, 0.2) is 24.3 Å². The van der Waals surface area contributed by atoms with Crippen molar-refractivity contribution in [2.75, 3.05) is 11.4 Å². The van der Waals surface area contributed by atoms with E-state index in [1.54, 1.807) is 0 Å². The van der Waals surface area contributed by atoms with Crippen LogP contribution in [-0.2, 0) is 4.79 Å². The molecule has 1 heterocycles. The Morgan fingerprint density at radius 1 is 1.18 bits per heavy atom. The summed E-state index contributed by atoms with van der Waals surface area (Å²) in [5.74, 6) is -6.10. The molecule has 0 aromatic heterocycles. The van der Waals surface area contributed by atoms with Crippen LogP contribution >= 0.6 is 0 Å². The van der Waals surface area contributed by atoms with Gasteiger partial charge in [-0.2, -0.15) is 8.78 Å². The van der Waals surface area contributed by atoms with Crippen molar-refractivity contribution in [1.29, 1.82) is 0 Å². The summed E-state index contributed by atoms with van der Waals surface area (Å²) in [6.45, 7) is -0.436. The summed E-state index contributed by atoms with van der Waals surface area (Å²) in [4.78, 5) is 24.9. The first-order chi connectivity index (χ1) is 10.1. The number of carbonyl (C=O) groups excluding carboxylic acids is 2. The first kappa shape index (κ1) is 16.2. The number of benzene rings is 1. The smallest absolute Gasteiger partial charge is 0.282 e. The molecule has 4 nitrogen and oxygen atoms in total. The highest BCUT2D eigenvalue weighted by atomic mass is 19.3. The average Bonchev–Trinajstić information content (AvgIpc) is 2.64. The zero-order valence-electron chi connectivity index (χ0n) is 11.3. The van der Waals surface area contributed by atoms with Gasteiger partial charge in [0.2, 0.25) is 0 Å². The predicted octanol–water partition coefficient (Wildman–Crippen LogP) is 2.88. The molecule has 0 saturated carbocycles. The molecule has 0 spiro atoms. The van der Waals surface area contributed by atoms with E-state index >= 15 is 0 Å². The van der Waals surface area contributed by atoms with Gasteiger partial charge in [-0.15, -0.1) is 0 Å². The summed E-state index contributed by atoms with van der Waals surface area (Å²) < 4.78 is 63.5. The van der Waals surface area contributed by atoms with E-state index in [1.165, 1.54) is 19.1 Å². The number of alkyl halides is 4. The van der Waals surface area contributed by atoms with Crippen LogP contribution < -0.4 is 4.90 Å². The normalized spacial score (nSPS) is 19.5. The van der Waals surface area contributed by atoms with E-state index in [9.17, 15) is 31.5 Å². The van der Waals surface area contributed by atoms with Gasteiger partial charge in [0.05, 0.1) is 0 Å². The van der Waals surface area contributed by atoms with Gasteiger partial charge in [0, 0.05) is 5.69 Å². The highest BCUT2D eigenvalue weighted by molar-refractivity contribution is 6.14. The molecule has 0 aliphatic carbocycles. The SMILES string of the molecule is C[C@H]1C(=O)N(CC(F)(F)C(F)F)C(=O)N1c1ccc(F)cc1. The molecule has 0 bridgehead atoms. The fourth-order valence-corrected chi connectivity index (χ4v) is 2.09. The highest BCUT2D eigenvalue weighted by Gasteiger charge is 2.51. The molecule has 1 fully saturated rings. The van der Waals surface area contributed by atoms with E-state index in [0.29, 0.717) is 0 Å².